The Morgan fingerprint density at radius 3 is 2.83 bits per heavy atom. The number of pyridine rings is 1. The van der Waals surface area contributed by atoms with Crippen LogP contribution in [0.5, 0.6) is 0 Å². The van der Waals surface area contributed by atoms with Gasteiger partial charge in [0.2, 0.25) is 0 Å². The molecule has 0 unspecified atom stereocenters. The second-order valence-electron chi connectivity index (χ2n) is 3.36. The second-order valence-corrected chi connectivity index (χ2v) is 4.12. The van der Waals surface area contributed by atoms with Crippen LogP contribution in [0.15, 0.2) is 12.3 Å². The molecule has 1 N–H and O–H groups in total. The van der Waals surface area contributed by atoms with E-state index in [1.807, 2.05) is 0 Å². The van der Waals surface area contributed by atoms with E-state index in [0.717, 1.165) is 0 Å². The normalized spacial score (nSPS) is 10.4. The zero-order valence-electron chi connectivity index (χ0n) is 9.91. The van der Waals surface area contributed by atoms with Gasteiger partial charge in [-0.1, -0.05) is 23.2 Å². The van der Waals surface area contributed by atoms with Crippen LogP contribution in [0.2, 0.25) is 10.2 Å². The fraction of sp³-hybridized carbons (Fsp3) is 0.455. The van der Waals surface area contributed by atoms with Crippen molar-refractivity contribution in [2.45, 2.75) is 0 Å². The van der Waals surface area contributed by atoms with Gasteiger partial charge in [0.25, 0.3) is 5.91 Å². The van der Waals surface area contributed by atoms with Crippen LogP contribution in [0, 0.1) is 0 Å². The first kappa shape index (κ1) is 15.2. The molecule has 0 saturated carbocycles. The number of hydrogen-bond acceptors (Lipinski definition) is 4. The van der Waals surface area contributed by atoms with Crippen molar-refractivity contribution in [1.82, 2.24) is 10.3 Å². The quantitative estimate of drug-likeness (QED) is 0.615. The van der Waals surface area contributed by atoms with Gasteiger partial charge in [-0.2, -0.15) is 0 Å². The Balaban J connectivity index is 2.30. The van der Waals surface area contributed by atoms with Gasteiger partial charge < -0.3 is 14.8 Å². The number of carbonyl (C=O) groups excluding carboxylic acids is 1. The molecule has 0 aliphatic heterocycles. The van der Waals surface area contributed by atoms with Crippen LogP contribution >= 0.6 is 23.2 Å². The van der Waals surface area contributed by atoms with Crippen LogP contribution in [-0.4, -0.2) is 44.4 Å². The fourth-order valence-corrected chi connectivity index (χ4v) is 1.40. The molecule has 1 heterocycles. The van der Waals surface area contributed by atoms with Crippen LogP contribution in [0.4, 0.5) is 0 Å². The summed E-state index contributed by atoms with van der Waals surface area (Å²) in [5.41, 5.74) is 0.362. The monoisotopic (exact) mass is 292 g/mol. The molecule has 100 valence electrons. The molecule has 1 rings (SSSR count). The van der Waals surface area contributed by atoms with Gasteiger partial charge in [-0.3, -0.25) is 4.79 Å². The zero-order chi connectivity index (χ0) is 13.4. The first-order valence-electron chi connectivity index (χ1n) is 5.31. The van der Waals surface area contributed by atoms with Gasteiger partial charge >= 0.3 is 0 Å². The number of rotatable bonds is 7. The van der Waals surface area contributed by atoms with Gasteiger partial charge in [0.15, 0.2) is 0 Å². The van der Waals surface area contributed by atoms with Crippen LogP contribution in [0.1, 0.15) is 10.4 Å². The summed E-state index contributed by atoms with van der Waals surface area (Å²) in [7, 11) is 1.60. The van der Waals surface area contributed by atoms with E-state index >= 15 is 0 Å². The summed E-state index contributed by atoms with van der Waals surface area (Å²) >= 11 is 11.4. The van der Waals surface area contributed by atoms with Gasteiger partial charge in [0, 0.05) is 19.9 Å². The van der Waals surface area contributed by atoms with Crippen molar-refractivity contribution in [3.8, 4) is 0 Å². The lowest BCUT2D eigenvalue weighted by atomic mass is 10.3. The first-order valence-corrected chi connectivity index (χ1v) is 6.06. The number of carbonyl (C=O) groups is 1. The van der Waals surface area contributed by atoms with Gasteiger partial charge in [-0.25, -0.2) is 4.98 Å². The third-order valence-corrected chi connectivity index (χ3v) is 2.71. The summed E-state index contributed by atoms with van der Waals surface area (Å²) in [6.45, 7) is 1.86. The summed E-state index contributed by atoms with van der Waals surface area (Å²) in [6, 6.07) is 1.47. The molecule has 0 radical (unpaired) electrons. The van der Waals surface area contributed by atoms with E-state index < -0.39 is 0 Å². The molecule has 0 aromatic carbocycles. The molecule has 1 aromatic rings. The average molecular weight is 293 g/mol. The van der Waals surface area contributed by atoms with E-state index in [0.29, 0.717) is 31.9 Å². The number of aromatic nitrogens is 1. The highest BCUT2D eigenvalue weighted by molar-refractivity contribution is 6.41. The van der Waals surface area contributed by atoms with Crippen molar-refractivity contribution in [2.24, 2.45) is 0 Å². The predicted molar refractivity (Wildman–Crippen MR) is 69.3 cm³/mol. The number of amides is 1. The summed E-state index contributed by atoms with van der Waals surface area (Å²) in [4.78, 5) is 15.5. The van der Waals surface area contributed by atoms with Crippen molar-refractivity contribution in [2.75, 3.05) is 33.5 Å². The van der Waals surface area contributed by atoms with Gasteiger partial charge in [0.1, 0.15) is 5.15 Å². The minimum absolute atomic E-state index is 0.177. The van der Waals surface area contributed by atoms with Crippen LogP contribution in [0.25, 0.3) is 0 Å². The minimum Gasteiger partial charge on any atom is -0.382 e. The van der Waals surface area contributed by atoms with Gasteiger partial charge in [0.05, 0.1) is 30.4 Å². The lowest BCUT2D eigenvalue weighted by Crippen LogP contribution is -2.27. The van der Waals surface area contributed by atoms with E-state index in [1.165, 1.54) is 12.3 Å². The molecule has 0 bridgehead atoms. The van der Waals surface area contributed by atoms with Crippen LogP contribution in [0.3, 0.4) is 0 Å². The van der Waals surface area contributed by atoms with Crippen molar-refractivity contribution >= 4 is 29.1 Å². The summed E-state index contributed by atoms with van der Waals surface area (Å²) in [5.74, 6) is -0.267. The number of halogens is 2. The predicted octanol–water partition coefficient (Wildman–Crippen LogP) is 1.78. The largest absolute Gasteiger partial charge is 0.382 e. The minimum atomic E-state index is -0.267. The van der Waals surface area contributed by atoms with Crippen molar-refractivity contribution in [3.63, 3.8) is 0 Å². The highest BCUT2D eigenvalue weighted by Crippen LogP contribution is 2.19. The number of nitrogens with zero attached hydrogens (tertiary/aromatic N) is 1. The summed E-state index contributed by atoms with van der Waals surface area (Å²) in [6.07, 6.45) is 1.37. The number of ether oxygens (including phenoxy) is 2. The summed E-state index contributed by atoms with van der Waals surface area (Å²) < 4.78 is 10.0. The highest BCUT2D eigenvalue weighted by Gasteiger charge is 2.08. The van der Waals surface area contributed by atoms with E-state index in [2.05, 4.69) is 10.3 Å². The summed E-state index contributed by atoms with van der Waals surface area (Å²) in [5, 5.41) is 3.10. The standard InChI is InChI=1S/C11H14Cl2N2O3/c1-17-4-5-18-3-2-14-11(16)8-6-9(12)10(13)15-7-8/h6-7H,2-5H2,1H3,(H,14,16). The SMILES string of the molecule is COCCOCCNC(=O)c1cnc(Cl)c(Cl)c1. The Bertz CT molecular complexity index is 402. The Kier molecular flexibility index (Phi) is 6.97. The fourth-order valence-electron chi connectivity index (χ4n) is 1.13. The highest BCUT2D eigenvalue weighted by atomic mass is 35.5. The van der Waals surface area contributed by atoms with E-state index in [-0.39, 0.29) is 16.1 Å². The maximum atomic E-state index is 11.7. The second kappa shape index (κ2) is 8.26. The molecule has 1 aromatic heterocycles. The molecule has 0 fully saturated rings. The first-order chi connectivity index (χ1) is 8.65. The maximum absolute atomic E-state index is 11.7. The number of hydrogen-bond donors (Lipinski definition) is 1. The van der Waals surface area contributed by atoms with Crippen molar-refractivity contribution in [3.05, 3.63) is 28.0 Å². The van der Waals surface area contributed by atoms with E-state index in [4.69, 9.17) is 32.7 Å². The topological polar surface area (TPSA) is 60.5 Å². The Morgan fingerprint density at radius 2 is 2.17 bits per heavy atom. The van der Waals surface area contributed by atoms with Crippen LogP contribution in [-0.2, 0) is 9.47 Å². The van der Waals surface area contributed by atoms with Crippen molar-refractivity contribution in [1.29, 1.82) is 0 Å². The third kappa shape index (κ3) is 5.18. The lowest BCUT2D eigenvalue weighted by Gasteiger charge is -2.06. The molecule has 0 aliphatic rings. The molecule has 5 nitrogen and oxygen atoms in total. The maximum Gasteiger partial charge on any atom is 0.252 e. The molecular weight excluding hydrogens is 279 g/mol. The van der Waals surface area contributed by atoms with Crippen molar-refractivity contribution < 1.29 is 14.3 Å². The Labute approximate surface area is 115 Å². The van der Waals surface area contributed by atoms with E-state index in [9.17, 15) is 4.79 Å². The molecule has 0 atom stereocenters. The van der Waals surface area contributed by atoms with E-state index in [1.54, 1.807) is 7.11 Å². The molecule has 0 aliphatic carbocycles. The average Bonchev–Trinajstić information content (AvgIpc) is 2.36. The molecule has 1 amide bonds. The molecule has 18 heavy (non-hydrogen) atoms. The lowest BCUT2D eigenvalue weighted by molar-refractivity contribution is 0.0692. The van der Waals surface area contributed by atoms with Gasteiger partial charge in [-0.05, 0) is 6.07 Å². The van der Waals surface area contributed by atoms with Crippen LogP contribution < -0.4 is 5.32 Å². The number of methoxy groups -OCH3 is 1. The molecular formula is C11H14Cl2N2O3. The Hall–Kier alpha value is -0.880. The smallest absolute Gasteiger partial charge is 0.252 e. The Morgan fingerprint density at radius 1 is 1.39 bits per heavy atom. The number of nitrogens with one attached hydrogen (secondary N) is 1. The molecule has 0 spiro atoms. The van der Waals surface area contributed by atoms with Gasteiger partial charge in [-0.15, -0.1) is 0 Å². The molecule has 0 saturated heterocycles. The molecule has 7 heteroatoms. The zero-order valence-corrected chi connectivity index (χ0v) is 11.4. The third-order valence-electron chi connectivity index (χ3n) is 2.02.